The summed E-state index contributed by atoms with van der Waals surface area (Å²) in [4.78, 5) is 9.23. The van der Waals surface area contributed by atoms with Gasteiger partial charge < -0.3 is 10.5 Å². The fourth-order valence-corrected chi connectivity index (χ4v) is 2.37. The van der Waals surface area contributed by atoms with Crippen molar-refractivity contribution in [3.8, 4) is 0 Å². The molecule has 1 atom stereocenters. The highest BCUT2D eigenvalue weighted by atomic mass is 16.5. The van der Waals surface area contributed by atoms with Gasteiger partial charge in [0.25, 0.3) is 0 Å². The predicted octanol–water partition coefficient (Wildman–Crippen LogP) is 2.09. The second-order valence-electron chi connectivity index (χ2n) is 5.25. The summed E-state index contributed by atoms with van der Waals surface area (Å²) in [5.41, 5.74) is 7.80. The molecule has 1 unspecified atom stereocenters. The highest BCUT2D eigenvalue weighted by molar-refractivity contribution is 5.17. The minimum atomic E-state index is -0.239. The van der Waals surface area contributed by atoms with Gasteiger partial charge in [-0.3, -0.25) is 0 Å². The van der Waals surface area contributed by atoms with Gasteiger partial charge in [0.1, 0.15) is 5.60 Å². The Hall–Kier alpha value is -1.00. The van der Waals surface area contributed by atoms with Crippen LogP contribution in [0.3, 0.4) is 0 Å². The first-order chi connectivity index (χ1) is 8.59. The number of rotatable bonds is 5. The van der Waals surface area contributed by atoms with E-state index >= 15 is 0 Å². The lowest BCUT2D eigenvalue weighted by Gasteiger charge is -2.39. The average Bonchev–Trinajstić information content (AvgIpc) is 2.27. The maximum atomic E-state index is 6.00. The molecule has 0 spiro atoms. The molecule has 2 rings (SSSR count). The Morgan fingerprint density at radius 3 is 2.67 bits per heavy atom. The summed E-state index contributed by atoms with van der Waals surface area (Å²) in [7, 11) is 1.75. The zero-order valence-electron chi connectivity index (χ0n) is 11.6. The van der Waals surface area contributed by atoms with Gasteiger partial charge in [0, 0.05) is 31.0 Å². The van der Waals surface area contributed by atoms with Gasteiger partial charge in [0.05, 0.1) is 0 Å². The number of aromatic nitrogens is 2. The fraction of sp³-hybridized carbons (Fsp3) is 0.714. The van der Waals surface area contributed by atoms with Crippen molar-refractivity contribution in [2.45, 2.75) is 57.6 Å². The van der Waals surface area contributed by atoms with E-state index in [1.807, 2.05) is 13.0 Å². The lowest BCUT2D eigenvalue weighted by atomic mass is 9.79. The second-order valence-corrected chi connectivity index (χ2v) is 5.25. The molecule has 1 fully saturated rings. The van der Waals surface area contributed by atoms with Crippen molar-refractivity contribution in [2.75, 3.05) is 7.11 Å². The van der Waals surface area contributed by atoms with Crippen LogP contribution in [0.4, 0.5) is 0 Å². The Morgan fingerprint density at radius 2 is 2.17 bits per heavy atom. The molecule has 1 aliphatic carbocycles. The van der Waals surface area contributed by atoms with E-state index in [4.69, 9.17) is 10.5 Å². The highest BCUT2D eigenvalue weighted by Gasteiger charge is 2.41. The van der Waals surface area contributed by atoms with Crippen LogP contribution >= 0.6 is 0 Å². The minimum absolute atomic E-state index is 0.173. The molecule has 0 amide bonds. The Morgan fingerprint density at radius 1 is 1.44 bits per heavy atom. The smallest absolute Gasteiger partial charge is 0.160 e. The third kappa shape index (κ3) is 2.54. The van der Waals surface area contributed by atoms with Gasteiger partial charge in [0.15, 0.2) is 5.82 Å². The van der Waals surface area contributed by atoms with Crippen LogP contribution in [0.5, 0.6) is 0 Å². The van der Waals surface area contributed by atoms with Gasteiger partial charge in [-0.1, -0.05) is 6.92 Å². The molecule has 2 N–H and O–H groups in total. The van der Waals surface area contributed by atoms with E-state index in [-0.39, 0.29) is 11.6 Å². The van der Waals surface area contributed by atoms with Crippen LogP contribution in [0.15, 0.2) is 6.07 Å². The fourth-order valence-electron chi connectivity index (χ4n) is 2.37. The van der Waals surface area contributed by atoms with Crippen molar-refractivity contribution in [3.05, 3.63) is 23.3 Å². The third-order valence-electron chi connectivity index (χ3n) is 3.86. The van der Waals surface area contributed by atoms with Crippen LogP contribution in [0.2, 0.25) is 0 Å². The van der Waals surface area contributed by atoms with Gasteiger partial charge >= 0.3 is 0 Å². The first-order valence-electron chi connectivity index (χ1n) is 6.75. The van der Waals surface area contributed by atoms with Gasteiger partial charge in [0.2, 0.25) is 0 Å². The molecule has 100 valence electrons. The average molecular weight is 249 g/mol. The molecule has 1 heterocycles. The van der Waals surface area contributed by atoms with Crippen LogP contribution < -0.4 is 5.73 Å². The van der Waals surface area contributed by atoms with Gasteiger partial charge in [-0.25, -0.2) is 9.97 Å². The van der Waals surface area contributed by atoms with Crippen molar-refractivity contribution in [3.63, 3.8) is 0 Å². The third-order valence-corrected chi connectivity index (χ3v) is 3.86. The molecular formula is C14H23N3O. The lowest BCUT2D eigenvalue weighted by Crippen LogP contribution is -2.38. The molecule has 4 heteroatoms. The molecule has 0 saturated heterocycles. The highest BCUT2D eigenvalue weighted by Crippen LogP contribution is 2.42. The number of nitrogens with two attached hydrogens (primary N) is 1. The molecule has 0 aliphatic heterocycles. The summed E-state index contributed by atoms with van der Waals surface area (Å²) in [5.74, 6) is 0.842. The standard InChI is InChI=1S/C14H23N3O/c1-4-11(15)9-12-8-10(2)16-13(17-12)14(18-3)6-5-7-14/h8,11H,4-7,9,15H2,1-3H3. The summed E-state index contributed by atoms with van der Waals surface area (Å²) in [6, 6.07) is 2.20. The van der Waals surface area contributed by atoms with Gasteiger partial charge in [-0.05, 0) is 38.7 Å². The van der Waals surface area contributed by atoms with Crippen LogP contribution in [-0.2, 0) is 16.8 Å². The quantitative estimate of drug-likeness (QED) is 0.868. The number of nitrogens with zero attached hydrogens (tertiary/aromatic N) is 2. The maximum absolute atomic E-state index is 6.00. The molecule has 4 nitrogen and oxygen atoms in total. The lowest BCUT2D eigenvalue weighted by molar-refractivity contribution is -0.0849. The Kier molecular flexibility index (Phi) is 3.97. The largest absolute Gasteiger partial charge is 0.370 e. The Bertz CT molecular complexity index is 410. The molecule has 1 aromatic heterocycles. The second kappa shape index (κ2) is 5.33. The first kappa shape index (κ1) is 13.4. The SMILES string of the molecule is CCC(N)Cc1cc(C)nc(C2(OC)CCC2)n1. The molecule has 0 bridgehead atoms. The van der Waals surface area contributed by atoms with Crippen molar-refractivity contribution >= 4 is 0 Å². The first-order valence-corrected chi connectivity index (χ1v) is 6.75. The van der Waals surface area contributed by atoms with E-state index in [9.17, 15) is 0 Å². The van der Waals surface area contributed by atoms with Crippen molar-refractivity contribution in [1.82, 2.24) is 9.97 Å². The monoisotopic (exact) mass is 249 g/mol. The van der Waals surface area contributed by atoms with E-state index in [1.165, 1.54) is 6.42 Å². The molecule has 0 aromatic carbocycles. The van der Waals surface area contributed by atoms with E-state index < -0.39 is 0 Å². The number of hydrogen-bond donors (Lipinski definition) is 1. The molecule has 0 radical (unpaired) electrons. The Labute approximate surface area is 109 Å². The summed E-state index contributed by atoms with van der Waals surface area (Å²) in [6.07, 6.45) is 5.01. The number of aryl methyl sites for hydroxylation is 1. The van der Waals surface area contributed by atoms with E-state index in [2.05, 4.69) is 16.9 Å². The number of ether oxygens (including phenoxy) is 1. The van der Waals surface area contributed by atoms with Crippen molar-refractivity contribution in [2.24, 2.45) is 5.73 Å². The van der Waals surface area contributed by atoms with Crippen LogP contribution in [-0.4, -0.2) is 23.1 Å². The van der Waals surface area contributed by atoms with Gasteiger partial charge in [-0.2, -0.15) is 0 Å². The molecule has 1 aromatic rings. The number of hydrogen-bond acceptors (Lipinski definition) is 4. The van der Waals surface area contributed by atoms with E-state index in [0.29, 0.717) is 0 Å². The predicted molar refractivity (Wildman–Crippen MR) is 71.3 cm³/mol. The summed E-state index contributed by atoms with van der Waals surface area (Å²) in [6.45, 7) is 4.11. The van der Waals surface area contributed by atoms with Crippen molar-refractivity contribution < 1.29 is 4.74 Å². The molecule has 18 heavy (non-hydrogen) atoms. The molecule has 1 aliphatic rings. The minimum Gasteiger partial charge on any atom is -0.370 e. The summed E-state index contributed by atoms with van der Waals surface area (Å²) in [5, 5.41) is 0. The Balaban J connectivity index is 2.26. The van der Waals surface area contributed by atoms with Gasteiger partial charge in [-0.15, -0.1) is 0 Å². The topological polar surface area (TPSA) is 61.0 Å². The maximum Gasteiger partial charge on any atom is 0.160 e. The van der Waals surface area contributed by atoms with Crippen LogP contribution in [0, 0.1) is 6.92 Å². The molecular weight excluding hydrogens is 226 g/mol. The zero-order valence-corrected chi connectivity index (χ0v) is 11.6. The summed E-state index contributed by atoms with van der Waals surface area (Å²) < 4.78 is 5.64. The van der Waals surface area contributed by atoms with Crippen LogP contribution in [0.25, 0.3) is 0 Å². The van der Waals surface area contributed by atoms with E-state index in [1.54, 1.807) is 7.11 Å². The molecule has 1 saturated carbocycles. The van der Waals surface area contributed by atoms with E-state index in [0.717, 1.165) is 42.9 Å². The van der Waals surface area contributed by atoms with Crippen molar-refractivity contribution in [1.29, 1.82) is 0 Å². The zero-order chi connectivity index (χ0) is 13.2. The number of methoxy groups -OCH3 is 1. The summed E-state index contributed by atoms with van der Waals surface area (Å²) >= 11 is 0. The van der Waals surface area contributed by atoms with Crippen LogP contribution in [0.1, 0.15) is 49.8 Å². The normalized spacial score (nSPS) is 19.3.